The molecule has 0 bridgehead atoms. The molecule has 0 aromatic heterocycles. The van der Waals surface area contributed by atoms with Crippen molar-refractivity contribution in [2.45, 2.75) is 148 Å². The Morgan fingerprint density at radius 3 is 2.15 bits per heavy atom. The third-order valence-corrected chi connectivity index (χ3v) is 9.39. The van der Waals surface area contributed by atoms with E-state index in [1.165, 1.54) is 14.0 Å². The Morgan fingerprint density at radius 2 is 1.60 bits per heavy atom. The van der Waals surface area contributed by atoms with Crippen LogP contribution >= 0.6 is 0 Å². The molecule has 10 nitrogen and oxygen atoms in total. The number of carbonyl (C=O) groups is 1. The number of aliphatic hydroxyl groups excluding tert-OH is 2. The molecule has 2 saturated heterocycles. The number of ether oxygens (including phenoxy) is 4. The quantitative estimate of drug-likeness (QED) is 0.370. The van der Waals surface area contributed by atoms with Crippen LogP contribution in [0.15, 0.2) is 0 Å². The van der Waals surface area contributed by atoms with Gasteiger partial charge in [-0.3, -0.25) is 4.79 Å². The zero-order valence-corrected chi connectivity index (χ0v) is 26.6. The normalized spacial score (nSPS) is 49.1. The molecule has 2 rings (SSSR count). The highest BCUT2D eigenvalue weighted by Crippen LogP contribution is 2.37. The zero-order valence-electron chi connectivity index (χ0n) is 26.6. The molecule has 2 fully saturated rings. The van der Waals surface area contributed by atoms with Crippen LogP contribution in [0.25, 0.3) is 0 Å². The van der Waals surface area contributed by atoms with Gasteiger partial charge in [-0.1, -0.05) is 20.8 Å². The van der Waals surface area contributed by atoms with Crippen LogP contribution in [-0.2, 0) is 23.7 Å². The number of cyclic esters (lactones) is 1. The average Bonchev–Trinajstić information content (AvgIpc) is 2.85. The van der Waals surface area contributed by atoms with E-state index in [1.54, 1.807) is 34.6 Å². The largest absolute Gasteiger partial charge is 0.459 e. The van der Waals surface area contributed by atoms with E-state index < -0.39 is 71.5 Å². The Hall–Kier alpha value is -0.850. The van der Waals surface area contributed by atoms with Crippen molar-refractivity contribution in [1.82, 2.24) is 4.90 Å². The number of carbonyl (C=O) groups excluding carboxylic acids is 1. The van der Waals surface area contributed by atoms with Crippen LogP contribution in [0, 0.1) is 17.8 Å². The summed E-state index contributed by atoms with van der Waals surface area (Å²) in [5.74, 6) is -1.55. The number of hydrogen-bond donors (Lipinski definition) is 4. The van der Waals surface area contributed by atoms with Crippen LogP contribution in [0.5, 0.6) is 0 Å². The van der Waals surface area contributed by atoms with Crippen LogP contribution in [0.3, 0.4) is 0 Å². The zero-order chi connectivity index (χ0) is 30.8. The van der Waals surface area contributed by atoms with Gasteiger partial charge in [0.15, 0.2) is 6.29 Å². The van der Waals surface area contributed by atoms with Gasteiger partial charge < -0.3 is 44.3 Å². The summed E-state index contributed by atoms with van der Waals surface area (Å²) < 4.78 is 24.0. The summed E-state index contributed by atoms with van der Waals surface area (Å²) in [5, 5.41) is 44.8. The monoisotopic (exact) mass is 575 g/mol. The Bertz CT molecular complexity index is 823. The number of esters is 1. The van der Waals surface area contributed by atoms with E-state index in [0.717, 1.165) is 0 Å². The molecule has 2 heterocycles. The second kappa shape index (κ2) is 13.6. The number of aliphatic hydroxyl groups is 4. The first-order valence-corrected chi connectivity index (χ1v) is 14.9. The van der Waals surface area contributed by atoms with Crippen molar-refractivity contribution < 1.29 is 44.2 Å². The highest BCUT2D eigenvalue weighted by Gasteiger charge is 2.49. The van der Waals surface area contributed by atoms with Crippen molar-refractivity contribution in [3.8, 4) is 0 Å². The maximum atomic E-state index is 13.6. The van der Waals surface area contributed by atoms with Crippen molar-refractivity contribution in [1.29, 1.82) is 0 Å². The predicted octanol–water partition coefficient (Wildman–Crippen LogP) is 2.48. The molecule has 0 amide bonds. The lowest BCUT2D eigenvalue weighted by molar-refractivity contribution is -0.296. The second-order valence-electron chi connectivity index (χ2n) is 13.5. The van der Waals surface area contributed by atoms with Crippen molar-refractivity contribution >= 4 is 5.97 Å². The molecule has 0 aliphatic carbocycles. The van der Waals surface area contributed by atoms with Crippen LogP contribution in [0.2, 0.25) is 0 Å². The summed E-state index contributed by atoms with van der Waals surface area (Å²) in [7, 11) is 3.41. The minimum absolute atomic E-state index is 0.0833. The van der Waals surface area contributed by atoms with Gasteiger partial charge in [-0.2, -0.15) is 0 Å². The summed E-state index contributed by atoms with van der Waals surface area (Å²) in [5.41, 5.74) is -3.66. The van der Waals surface area contributed by atoms with Gasteiger partial charge in [0.25, 0.3) is 0 Å². The van der Waals surface area contributed by atoms with Crippen LogP contribution in [0.4, 0.5) is 0 Å². The second-order valence-corrected chi connectivity index (χ2v) is 13.5. The Balaban J connectivity index is 2.47. The van der Waals surface area contributed by atoms with Crippen LogP contribution in [0.1, 0.15) is 88.0 Å². The SMILES string of the molecule is CC[C@H]1OC(=O)[C@H](C)[C@@H](OC2C[C@@](C)(OC)[C@@H](O)[C@H](C)O2)[C@@H](C)CC(C)(O)CC(C)CN(C)C(C)C(O)C1(C)O. The summed E-state index contributed by atoms with van der Waals surface area (Å²) in [6, 6.07) is -0.427. The topological polar surface area (TPSA) is 138 Å². The number of methoxy groups -OCH3 is 1. The van der Waals surface area contributed by atoms with E-state index in [1.807, 2.05) is 25.8 Å². The van der Waals surface area contributed by atoms with E-state index in [9.17, 15) is 25.2 Å². The van der Waals surface area contributed by atoms with Gasteiger partial charge in [0.05, 0.1) is 29.3 Å². The molecule has 4 N–H and O–H groups in total. The maximum absolute atomic E-state index is 13.6. The van der Waals surface area contributed by atoms with Crippen LogP contribution in [-0.4, -0.2) is 112 Å². The lowest BCUT2D eigenvalue weighted by Crippen LogP contribution is -2.59. The number of likely N-dealkylation sites (N-methyl/N-ethyl adjacent to an activating group) is 1. The summed E-state index contributed by atoms with van der Waals surface area (Å²) >= 11 is 0. The van der Waals surface area contributed by atoms with Crippen molar-refractivity contribution in [2.75, 3.05) is 20.7 Å². The molecule has 236 valence electrons. The fraction of sp³-hybridized carbons (Fsp3) is 0.967. The molecule has 2 aliphatic rings. The van der Waals surface area contributed by atoms with E-state index >= 15 is 0 Å². The highest BCUT2D eigenvalue weighted by atomic mass is 16.7. The lowest BCUT2D eigenvalue weighted by atomic mass is 9.80. The minimum Gasteiger partial charge on any atom is -0.459 e. The van der Waals surface area contributed by atoms with Crippen LogP contribution < -0.4 is 0 Å². The smallest absolute Gasteiger partial charge is 0.311 e. The van der Waals surface area contributed by atoms with Crippen molar-refractivity contribution in [3.63, 3.8) is 0 Å². The fourth-order valence-electron chi connectivity index (χ4n) is 6.80. The van der Waals surface area contributed by atoms with E-state index in [-0.39, 0.29) is 18.3 Å². The van der Waals surface area contributed by atoms with Gasteiger partial charge in [-0.05, 0) is 79.7 Å². The molecule has 0 aromatic rings. The van der Waals surface area contributed by atoms with Gasteiger partial charge in [-0.25, -0.2) is 0 Å². The van der Waals surface area contributed by atoms with Gasteiger partial charge in [0.1, 0.15) is 23.9 Å². The Morgan fingerprint density at radius 1 is 1.00 bits per heavy atom. The summed E-state index contributed by atoms with van der Waals surface area (Å²) in [6.45, 7) is 16.8. The first-order valence-electron chi connectivity index (χ1n) is 14.9. The van der Waals surface area contributed by atoms with Gasteiger partial charge in [0.2, 0.25) is 0 Å². The summed E-state index contributed by atoms with van der Waals surface area (Å²) in [4.78, 5) is 15.6. The third kappa shape index (κ3) is 8.16. The van der Waals surface area contributed by atoms with Crippen molar-refractivity contribution in [2.24, 2.45) is 17.8 Å². The molecule has 0 spiro atoms. The molecular formula is C30H57NO9. The molecule has 0 aromatic carbocycles. The number of nitrogens with zero attached hydrogens (tertiary/aromatic N) is 1. The number of hydrogen-bond acceptors (Lipinski definition) is 10. The molecule has 2 aliphatic heterocycles. The lowest BCUT2D eigenvalue weighted by Gasteiger charge is -2.46. The average molecular weight is 576 g/mol. The molecule has 10 heteroatoms. The predicted molar refractivity (Wildman–Crippen MR) is 151 cm³/mol. The molecular weight excluding hydrogens is 518 g/mol. The first kappa shape index (κ1) is 35.3. The van der Waals surface area contributed by atoms with Crippen molar-refractivity contribution in [3.05, 3.63) is 0 Å². The standard InChI is InChI=1S/C30H57NO9/c1-12-22-30(9,36)25(32)20(5)31(10)16-17(2)13-28(7,35)14-18(3)24(19(4)27(34)39-22)40-23-15-29(8,37-11)26(33)21(6)38-23/h17-26,32-33,35-36H,12-16H2,1-11H3/t17?,18-,19+,20?,21-,22+,23?,24-,25?,26-,28?,29+,30?/m0/s1. The van der Waals surface area contributed by atoms with Gasteiger partial charge in [-0.15, -0.1) is 0 Å². The Kier molecular flexibility index (Phi) is 12.0. The molecule has 6 unspecified atom stereocenters. The molecule has 40 heavy (non-hydrogen) atoms. The summed E-state index contributed by atoms with van der Waals surface area (Å²) in [6.07, 6.45) is -3.62. The van der Waals surface area contributed by atoms with E-state index in [4.69, 9.17) is 18.9 Å². The maximum Gasteiger partial charge on any atom is 0.311 e. The minimum atomic E-state index is -1.70. The van der Waals surface area contributed by atoms with Gasteiger partial charge in [0, 0.05) is 26.1 Å². The van der Waals surface area contributed by atoms with Gasteiger partial charge >= 0.3 is 5.97 Å². The molecule has 0 saturated carbocycles. The Labute approximate surface area is 241 Å². The molecule has 0 radical (unpaired) electrons. The first-order chi connectivity index (χ1) is 18.3. The van der Waals surface area contributed by atoms with E-state index in [2.05, 4.69) is 6.92 Å². The number of rotatable bonds is 4. The highest BCUT2D eigenvalue weighted by molar-refractivity contribution is 5.73. The van der Waals surface area contributed by atoms with E-state index in [0.29, 0.717) is 25.8 Å². The molecule has 13 atom stereocenters. The third-order valence-electron chi connectivity index (χ3n) is 9.39. The fourth-order valence-corrected chi connectivity index (χ4v) is 6.80.